The van der Waals surface area contributed by atoms with Gasteiger partial charge in [0, 0.05) is 19.0 Å². The number of hydrogen-bond donors (Lipinski definition) is 2. The molecule has 0 aliphatic carbocycles. The van der Waals surface area contributed by atoms with E-state index < -0.39 is 6.10 Å². The van der Waals surface area contributed by atoms with Crippen LogP contribution in [0.25, 0.3) is 0 Å². The average Bonchev–Trinajstić information content (AvgIpc) is 2.50. The molecule has 1 unspecified atom stereocenters. The lowest BCUT2D eigenvalue weighted by Gasteiger charge is -2.15. The summed E-state index contributed by atoms with van der Waals surface area (Å²) in [5.74, 6) is 0.534. The number of aliphatic hydroxyl groups is 1. The molecule has 0 aliphatic heterocycles. The second-order valence-electron chi connectivity index (χ2n) is 5.48. The zero-order chi connectivity index (χ0) is 16.4. The number of hydrogen-bond acceptors (Lipinski definition) is 5. The standard InChI is InChI=1S/C17H27NO4.ClH/c1-4-21-17(20)10-7-14-5-8-16(9-6-14)22-12-15(19)11-18-13(2)3;/h5-6,8-9,13,15,18-19H,4,7,10-12H2,1-3H3;1H. The maximum atomic E-state index is 11.3. The molecule has 0 saturated heterocycles. The molecular weight excluding hydrogens is 318 g/mol. The van der Waals surface area contributed by atoms with Crippen LogP contribution < -0.4 is 10.1 Å². The van der Waals surface area contributed by atoms with Crippen LogP contribution in [0.15, 0.2) is 24.3 Å². The summed E-state index contributed by atoms with van der Waals surface area (Å²) in [6.07, 6.45) is 0.499. The molecule has 0 amide bonds. The van der Waals surface area contributed by atoms with Crippen LogP contribution in [0, 0.1) is 0 Å². The molecule has 0 radical (unpaired) electrons. The summed E-state index contributed by atoms with van der Waals surface area (Å²) in [5, 5.41) is 12.9. The van der Waals surface area contributed by atoms with Gasteiger partial charge < -0.3 is 19.9 Å². The molecule has 1 atom stereocenters. The van der Waals surface area contributed by atoms with Crippen LogP contribution in [-0.4, -0.2) is 43.0 Å². The van der Waals surface area contributed by atoms with Crippen LogP contribution >= 0.6 is 12.4 Å². The lowest BCUT2D eigenvalue weighted by atomic mass is 10.1. The first-order chi connectivity index (χ1) is 10.5. The highest BCUT2D eigenvalue weighted by atomic mass is 35.5. The summed E-state index contributed by atoms with van der Waals surface area (Å²) in [6, 6.07) is 7.89. The van der Waals surface area contributed by atoms with Crippen LogP contribution in [0.3, 0.4) is 0 Å². The molecule has 5 nitrogen and oxygen atoms in total. The van der Waals surface area contributed by atoms with Crippen LogP contribution in [0.2, 0.25) is 0 Å². The van der Waals surface area contributed by atoms with Gasteiger partial charge in [-0.05, 0) is 31.0 Å². The van der Waals surface area contributed by atoms with Crippen molar-refractivity contribution in [1.29, 1.82) is 0 Å². The fraction of sp³-hybridized carbons (Fsp3) is 0.588. The number of aliphatic hydroxyl groups excluding tert-OH is 1. The Bertz CT molecular complexity index is 437. The molecular formula is C17H28ClNO4. The normalized spacial score (nSPS) is 11.7. The highest BCUT2D eigenvalue weighted by molar-refractivity contribution is 5.85. The lowest BCUT2D eigenvalue weighted by Crippen LogP contribution is -2.35. The molecule has 0 heterocycles. The van der Waals surface area contributed by atoms with E-state index in [0.717, 1.165) is 5.56 Å². The SMILES string of the molecule is CCOC(=O)CCc1ccc(OCC(O)CNC(C)C)cc1.Cl. The molecule has 0 fully saturated rings. The molecule has 132 valence electrons. The molecule has 0 bridgehead atoms. The summed E-state index contributed by atoms with van der Waals surface area (Å²) in [7, 11) is 0. The molecule has 0 saturated carbocycles. The van der Waals surface area contributed by atoms with Gasteiger partial charge >= 0.3 is 5.97 Å². The third kappa shape index (κ3) is 10.2. The summed E-state index contributed by atoms with van der Waals surface area (Å²) in [6.45, 7) is 7.04. The van der Waals surface area contributed by atoms with E-state index in [9.17, 15) is 9.90 Å². The van der Waals surface area contributed by atoms with Crippen molar-refractivity contribution in [3.8, 4) is 5.75 Å². The van der Waals surface area contributed by atoms with Gasteiger partial charge in [-0.15, -0.1) is 12.4 Å². The van der Waals surface area contributed by atoms with Crippen molar-refractivity contribution in [2.75, 3.05) is 19.8 Å². The second-order valence-corrected chi connectivity index (χ2v) is 5.48. The zero-order valence-corrected chi connectivity index (χ0v) is 14.9. The predicted molar refractivity (Wildman–Crippen MR) is 93.3 cm³/mol. The minimum Gasteiger partial charge on any atom is -0.491 e. The Balaban J connectivity index is 0.00000484. The first-order valence-electron chi connectivity index (χ1n) is 7.80. The van der Waals surface area contributed by atoms with Gasteiger partial charge in [-0.3, -0.25) is 4.79 Å². The summed E-state index contributed by atoms with van der Waals surface area (Å²) in [4.78, 5) is 11.3. The smallest absolute Gasteiger partial charge is 0.306 e. The van der Waals surface area contributed by atoms with Gasteiger partial charge in [0.2, 0.25) is 0 Å². The fourth-order valence-electron chi connectivity index (χ4n) is 1.85. The van der Waals surface area contributed by atoms with Gasteiger partial charge in [0.05, 0.1) is 6.61 Å². The van der Waals surface area contributed by atoms with E-state index in [4.69, 9.17) is 9.47 Å². The van der Waals surface area contributed by atoms with E-state index in [2.05, 4.69) is 5.32 Å². The van der Waals surface area contributed by atoms with Crippen LogP contribution in [0.5, 0.6) is 5.75 Å². The first kappa shape index (κ1) is 21.7. The highest BCUT2D eigenvalue weighted by Crippen LogP contribution is 2.14. The number of benzene rings is 1. The Labute approximate surface area is 144 Å². The maximum absolute atomic E-state index is 11.3. The van der Waals surface area contributed by atoms with Gasteiger partial charge in [-0.25, -0.2) is 0 Å². The largest absolute Gasteiger partial charge is 0.491 e. The topological polar surface area (TPSA) is 67.8 Å². The number of carbonyl (C=O) groups excluding carboxylic acids is 1. The second kappa shape index (κ2) is 12.2. The van der Waals surface area contributed by atoms with Gasteiger partial charge in [-0.1, -0.05) is 26.0 Å². The summed E-state index contributed by atoms with van der Waals surface area (Å²) < 4.78 is 10.4. The number of aryl methyl sites for hydroxylation is 1. The minimum absolute atomic E-state index is 0. The van der Waals surface area contributed by atoms with Crippen molar-refractivity contribution >= 4 is 18.4 Å². The van der Waals surface area contributed by atoms with E-state index in [1.165, 1.54) is 0 Å². The number of rotatable bonds is 10. The number of halogens is 1. The highest BCUT2D eigenvalue weighted by Gasteiger charge is 2.06. The third-order valence-electron chi connectivity index (χ3n) is 3.05. The molecule has 1 aromatic rings. The molecule has 6 heteroatoms. The monoisotopic (exact) mass is 345 g/mol. The Morgan fingerprint density at radius 3 is 2.48 bits per heavy atom. The minimum atomic E-state index is -0.536. The average molecular weight is 346 g/mol. The van der Waals surface area contributed by atoms with Crippen molar-refractivity contribution in [2.45, 2.75) is 45.8 Å². The molecule has 23 heavy (non-hydrogen) atoms. The maximum Gasteiger partial charge on any atom is 0.306 e. The van der Waals surface area contributed by atoms with E-state index in [-0.39, 0.29) is 25.0 Å². The quantitative estimate of drug-likeness (QED) is 0.637. The van der Waals surface area contributed by atoms with Crippen LogP contribution in [-0.2, 0) is 16.0 Å². The van der Waals surface area contributed by atoms with E-state index in [1.807, 2.05) is 38.1 Å². The third-order valence-corrected chi connectivity index (χ3v) is 3.05. The van der Waals surface area contributed by atoms with Gasteiger partial charge in [0.1, 0.15) is 18.5 Å². The van der Waals surface area contributed by atoms with Crippen molar-refractivity contribution in [2.24, 2.45) is 0 Å². The molecule has 1 aromatic carbocycles. The van der Waals surface area contributed by atoms with Crippen molar-refractivity contribution < 1.29 is 19.4 Å². The Morgan fingerprint density at radius 1 is 1.26 bits per heavy atom. The summed E-state index contributed by atoms with van der Waals surface area (Å²) in [5.41, 5.74) is 1.06. The Kier molecular flexibility index (Phi) is 11.5. The van der Waals surface area contributed by atoms with Crippen LogP contribution in [0.1, 0.15) is 32.8 Å². The van der Waals surface area contributed by atoms with Crippen molar-refractivity contribution in [1.82, 2.24) is 5.32 Å². The number of carbonyl (C=O) groups is 1. The number of nitrogens with one attached hydrogen (secondary N) is 1. The molecule has 1 rings (SSSR count). The van der Waals surface area contributed by atoms with Gasteiger partial charge in [0.15, 0.2) is 0 Å². The summed E-state index contributed by atoms with van der Waals surface area (Å²) >= 11 is 0. The Hall–Kier alpha value is -1.30. The number of ether oxygens (including phenoxy) is 2. The fourth-order valence-corrected chi connectivity index (χ4v) is 1.85. The number of esters is 1. The van der Waals surface area contributed by atoms with Crippen molar-refractivity contribution in [3.05, 3.63) is 29.8 Å². The van der Waals surface area contributed by atoms with E-state index in [1.54, 1.807) is 6.92 Å². The molecule has 0 spiro atoms. The van der Waals surface area contributed by atoms with Gasteiger partial charge in [0.25, 0.3) is 0 Å². The molecule has 0 aliphatic rings. The van der Waals surface area contributed by atoms with Crippen molar-refractivity contribution in [3.63, 3.8) is 0 Å². The predicted octanol–water partition coefficient (Wildman–Crippen LogP) is 2.34. The Morgan fingerprint density at radius 2 is 1.91 bits per heavy atom. The first-order valence-corrected chi connectivity index (χ1v) is 7.80. The van der Waals surface area contributed by atoms with E-state index >= 15 is 0 Å². The molecule has 2 N–H and O–H groups in total. The van der Waals surface area contributed by atoms with E-state index in [0.29, 0.717) is 37.8 Å². The zero-order valence-electron chi connectivity index (χ0n) is 14.1. The van der Waals surface area contributed by atoms with Crippen LogP contribution in [0.4, 0.5) is 0 Å². The molecule has 0 aromatic heterocycles. The lowest BCUT2D eigenvalue weighted by molar-refractivity contribution is -0.143. The van der Waals surface area contributed by atoms with Gasteiger partial charge in [-0.2, -0.15) is 0 Å².